The summed E-state index contributed by atoms with van der Waals surface area (Å²) in [4.78, 5) is 22.0. The lowest BCUT2D eigenvalue weighted by molar-refractivity contribution is -0.137. The Kier molecular flexibility index (Phi) is 7.01. The zero-order chi connectivity index (χ0) is 26.9. The molecule has 6 nitrogen and oxygen atoms in total. The number of aryl methyl sites for hydroxylation is 1. The molecule has 2 aromatic carbocycles. The van der Waals surface area contributed by atoms with Crippen molar-refractivity contribution in [1.82, 2.24) is 14.3 Å². The van der Waals surface area contributed by atoms with Crippen molar-refractivity contribution in [2.24, 2.45) is 0 Å². The second-order valence-corrected chi connectivity index (χ2v) is 9.51. The lowest BCUT2D eigenvalue weighted by Crippen LogP contribution is -2.49. The summed E-state index contributed by atoms with van der Waals surface area (Å²) in [6.45, 7) is 4.33. The Morgan fingerprint density at radius 3 is 2.45 bits per heavy atom. The first-order valence-corrected chi connectivity index (χ1v) is 12.5. The highest BCUT2D eigenvalue weighted by Crippen LogP contribution is 2.35. The number of carbonyl (C=O) groups is 1. The van der Waals surface area contributed by atoms with Gasteiger partial charge in [0.25, 0.3) is 0 Å². The van der Waals surface area contributed by atoms with Gasteiger partial charge in [0.05, 0.1) is 18.4 Å². The van der Waals surface area contributed by atoms with Gasteiger partial charge in [0.2, 0.25) is 5.91 Å². The van der Waals surface area contributed by atoms with E-state index >= 15 is 0 Å². The van der Waals surface area contributed by atoms with Crippen LogP contribution in [0.2, 0.25) is 0 Å². The molecule has 0 radical (unpaired) electrons. The quantitative estimate of drug-likeness (QED) is 0.334. The molecule has 0 spiro atoms. The van der Waals surface area contributed by atoms with Gasteiger partial charge in [-0.1, -0.05) is 24.3 Å². The fourth-order valence-electron chi connectivity index (χ4n) is 5.06. The molecule has 38 heavy (non-hydrogen) atoms. The van der Waals surface area contributed by atoms with Crippen LogP contribution in [-0.2, 0) is 11.0 Å². The normalized spacial score (nSPS) is 15.1. The number of halogens is 3. The van der Waals surface area contributed by atoms with E-state index in [1.807, 2.05) is 53.9 Å². The Morgan fingerprint density at radius 1 is 1.03 bits per heavy atom. The van der Waals surface area contributed by atoms with E-state index in [1.54, 1.807) is 24.3 Å². The predicted molar refractivity (Wildman–Crippen MR) is 140 cm³/mol. The average Bonchev–Trinajstić information content (AvgIpc) is 3.36. The highest BCUT2D eigenvalue weighted by Gasteiger charge is 2.33. The van der Waals surface area contributed by atoms with Crippen molar-refractivity contribution < 1.29 is 22.7 Å². The van der Waals surface area contributed by atoms with E-state index in [1.165, 1.54) is 6.07 Å². The molecule has 5 rings (SSSR count). The van der Waals surface area contributed by atoms with Crippen molar-refractivity contribution in [2.45, 2.75) is 25.4 Å². The summed E-state index contributed by atoms with van der Waals surface area (Å²) in [5.74, 6) is 0.108. The number of hydrogen-bond donors (Lipinski definition) is 0. The minimum atomic E-state index is -4.47. The fraction of sp³-hybridized carbons (Fsp3) is 0.310. The third-order valence-electron chi connectivity index (χ3n) is 7.18. The molecule has 1 aliphatic heterocycles. The highest BCUT2D eigenvalue weighted by molar-refractivity contribution is 5.78. The van der Waals surface area contributed by atoms with Crippen LogP contribution in [0.4, 0.5) is 18.9 Å². The molecule has 198 valence electrons. The van der Waals surface area contributed by atoms with Gasteiger partial charge < -0.3 is 18.9 Å². The van der Waals surface area contributed by atoms with Crippen LogP contribution in [-0.4, -0.2) is 53.5 Å². The summed E-state index contributed by atoms with van der Waals surface area (Å²) in [5.41, 5.74) is 3.12. The molecule has 9 heteroatoms. The number of imidazole rings is 1. The van der Waals surface area contributed by atoms with E-state index < -0.39 is 17.7 Å². The molecule has 1 atom stereocenters. The van der Waals surface area contributed by atoms with Gasteiger partial charge in [-0.15, -0.1) is 0 Å². The maximum absolute atomic E-state index is 13.5. The van der Waals surface area contributed by atoms with E-state index in [2.05, 4.69) is 9.88 Å². The molecule has 4 aromatic rings. The third-order valence-corrected chi connectivity index (χ3v) is 7.18. The van der Waals surface area contributed by atoms with Crippen molar-refractivity contribution in [2.75, 3.05) is 38.2 Å². The van der Waals surface area contributed by atoms with Crippen LogP contribution < -0.4 is 9.64 Å². The number of piperazine rings is 1. The zero-order valence-corrected chi connectivity index (χ0v) is 21.3. The molecular formula is C29H29F3N4O2. The minimum Gasteiger partial charge on any atom is -0.497 e. The number of rotatable bonds is 6. The van der Waals surface area contributed by atoms with E-state index in [4.69, 9.17) is 4.74 Å². The minimum absolute atomic E-state index is 0.0472. The number of hydrogen-bond acceptors (Lipinski definition) is 4. The number of carbonyl (C=O) groups excluding carboxylic acids is 1. The largest absolute Gasteiger partial charge is 0.497 e. The van der Waals surface area contributed by atoms with E-state index in [-0.39, 0.29) is 12.3 Å². The summed E-state index contributed by atoms with van der Waals surface area (Å²) < 4.78 is 47.7. The lowest BCUT2D eigenvalue weighted by Gasteiger charge is -2.36. The molecular weight excluding hydrogens is 493 g/mol. The molecule has 1 aliphatic rings. The summed E-state index contributed by atoms with van der Waals surface area (Å²) in [5, 5.41) is 0. The van der Waals surface area contributed by atoms with E-state index in [0.717, 1.165) is 34.8 Å². The number of aromatic nitrogens is 2. The second kappa shape index (κ2) is 10.4. The van der Waals surface area contributed by atoms with Crippen LogP contribution in [0, 0.1) is 6.92 Å². The van der Waals surface area contributed by atoms with Gasteiger partial charge in [-0.3, -0.25) is 4.79 Å². The first-order chi connectivity index (χ1) is 18.2. The van der Waals surface area contributed by atoms with E-state index in [0.29, 0.717) is 37.4 Å². The average molecular weight is 523 g/mol. The SMILES string of the molecule is COc1ccc(N2CCN(C(=O)CC(c3cccc(C(F)(F)F)c3)c3cnc4c(C)cccn34)CC2)cc1. The lowest BCUT2D eigenvalue weighted by atomic mass is 9.90. The Labute approximate surface area is 219 Å². The Hall–Kier alpha value is -4.01. The Bertz CT molecular complexity index is 1420. The number of fused-ring (bicyclic) bond motifs is 1. The van der Waals surface area contributed by atoms with Crippen molar-refractivity contribution in [3.63, 3.8) is 0 Å². The monoisotopic (exact) mass is 522 g/mol. The van der Waals surface area contributed by atoms with Crippen molar-refractivity contribution in [3.05, 3.63) is 95.4 Å². The van der Waals surface area contributed by atoms with Gasteiger partial charge in [-0.2, -0.15) is 13.2 Å². The summed E-state index contributed by atoms with van der Waals surface area (Å²) in [6.07, 6.45) is -0.921. The summed E-state index contributed by atoms with van der Waals surface area (Å²) in [7, 11) is 1.63. The first-order valence-electron chi connectivity index (χ1n) is 12.5. The van der Waals surface area contributed by atoms with Gasteiger partial charge in [0, 0.05) is 56.6 Å². The number of methoxy groups -OCH3 is 1. The molecule has 2 aromatic heterocycles. The van der Waals surface area contributed by atoms with Gasteiger partial charge in [-0.25, -0.2) is 4.98 Å². The molecule has 1 amide bonds. The number of anilines is 1. The molecule has 0 bridgehead atoms. The van der Waals surface area contributed by atoms with Crippen molar-refractivity contribution >= 4 is 17.2 Å². The molecule has 0 aliphatic carbocycles. The fourth-order valence-corrected chi connectivity index (χ4v) is 5.06. The van der Waals surface area contributed by atoms with Gasteiger partial charge >= 0.3 is 6.18 Å². The maximum Gasteiger partial charge on any atom is 0.416 e. The number of alkyl halides is 3. The molecule has 0 saturated carbocycles. The van der Waals surface area contributed by atoms with Crippen LogP contribution in [0.5, 0.6) is 5.75 Å². The number of benzene rings is 2. The molecule has 1 saturated heterocycles. The molecule has 1 fully saturated rings. The van der Waals surface area contributed by atoms with Gasteiger partial charge in [0.15, 0.2) is 0 Å². The molecule has 1 unspecified atom stereocenters. The maximum atomic E-state index is 13.5. The van der Waals surface area contributed by atoms with Crippen LogP contribution in [0.1, 0.15) is 34.7 Å². The third kappa shape index (κ3) is 5.18. The molecule has 0 N–H and O–H groups in total. The van der Waals surface area contributed by atoms with Crippen LogP contribution in [0.15, 0.2) is 73.1 Å². The van der Waals surface area contributed by atoms with Crippen LogP contribution >= 0.6 is 0 Å². The Balaban J connectivity index is 1.39. The van der Waals surface area contributed by atoms with Crippen LogP contribution in [0.25, 0.3) is 5.65 Å². The summed E-state index contributed by atoms with van der Waals surface area (Å²) >= 11 is 0. The van der Waals surface area contributed by atoms with Crippen molar-refractivity contribution in [1.29, 1.82) is 0 Å². The predicted octanol–water partition coefficient (Wildman–Crippen LogP) is 5.54. The van der Waals surface area contributed by atoms with Crippen molar-refractivity contribution in [3.8, 4) is 5.75 Å². The smallest absolute Gasteiger partial charge is 0.416 e. The summed E-state index contributed by atoms with van der Waals surface area (Å²) in [6, 6.07) is 16.9. The van der Waals surface area contributed by atoms with Crippen LogP contribution in [0.3, 0.4) is 0 Å². The second-order valence-electron chi connectivity index (χ2n) is 9.51. The number of amides is 1. The molecule has 3 heterocycles. The van der Waals surface area contributed by atoms with Gasteiger partial charge in [0.1, 0.15) is 11.4 Å². The van der Waals surface area contributed by atoms with Gasteiger partial charge in [-0.05, 0) is 54.4 Å². The highest BCUT2D eigenvalue weighted by atomic mass is 19.4. The van der Waals surface area contributed by atoms with E-state index in [9.17, 15) is 18.0 Å². The zero-order valence-electron chi connectivity index (χ0n) is 21.3. The number of ether oxygens (including phenoxy) is 1. The first kappa shape index (κ1) is 25.6. The number of pyridine rings is 1. The topological polar surface area (TPSA) is 50.1 Å². The Morgan fingerprint density at radius 2 is 1.76 bits per heavy atom. The standard InChI is InChI=1S/C29H29F3N4O2/c1-20-5-4-12-36-26(19-33-28(20)36)25(21-6-3-7-22(17-21)29(30,31)32)18-27(37)35-15-13-34(14-16-35)23-8-10-24(38-2)11-9-23/h3-12,17,19,25H,13-16,18H2,1-2H3. The number of nitrogens with zero attached hydrogens (tertiary/aromatic N) is 4.